The van der Waals surface area contributed by atoms with E-state index in [2.05, 4.69) is 4.72 Å². The van der Waals surface area contributed by atoms with Crippen molar-refractivity contribution in [2.45, 2.75) is 44.2 Å². The smallest absolute Gasteiger partial charge is 0.279 e. The molecule has 2 fully saturated rings. The fraction of sp³-hybridized carbons (Fsp3) is 1.00. The summed E-state index contributed by atoms with van der Waals surface area (Å²) in [5, 5.41) is 10.0. The lowest BCUT2D eigenvalue weighted by molar-refractivity contribution is 0.0310. The van der Waals surface area contributed by atoms with Crippen LogP contribution in [0.1, 0.15) is 32.6 Å². The summed E-state index contributed by atoms with van der Waals surface area (Å²) in [6.45, 7) is 3.19. The zero-order valence-electron chi connectivity index (χ0n) is 10.8. The van der Waals surface area contributed by atoms with Gasteiger partial charge in [0.05, 0.1) is 6.61 Å². The Morgan fingerprint density at radius 1 is 1.50 bits per heavy atom. The van der Waals surface area contributed by atoms with Crippen LogP contribution in [0, 0.1) is 0 Å². The summed E-state index contributed by atoms with van der Waals surface area (Å²) in [6.07, 6.45) is 3.35. The first kappa shape index (κ1) is 14.2. The van der Waals surface area contributed by atoms with Crippen molar-refractivity contribution in [3.63, 3.8) is 0 Å². The highest BCUT2D eigenvalue weighted by Gasteiger charge is 2.36. The summed E-state index contributed by atoms with van der Waals surface area (Å²) in [4.78, 5) is 0. The Morgan fingerprint density at radius 2 is 2.28 bits per heavy atom. The zero-order chi connectivity index (χ0) is 13.2. The molecule has 0 aliphatic carbocycles. The largest absolute Gasteiger partial charge is 0.386 e. The molecule has 2 aliphatic heterocycles. The number of nitrogens with zero attached hydrogens (tertiary/aromatic N) is 1. The van der Waals surface area contributed by atoms with Crippen LogP contribution in [0.3, 0.4) is 0 Å². The van der Waals surface area contributed by atoms with E-state index >= 15 is 0 Å². The Kier molecular flexibility index (Phi) is 4.28. The molecule has 0 saturated carbocycles. The minimum atomic E-state index is -3.49. The second-order valence-corrected chi connectivity index (χ2v) is 7.02. The molecular formula is C11H22N2O4S. The predicted molar refractivity (Wildman–Crippen MR) is 67.3 cm³/mol. The summed E-state index contributed by atoms with van der Waals surface area (Å²) < 4.78 is 33.4. The molecular weight excluding hydrogens is 256 g/mol. The van der Waals surface area contributed by atoms with Gasteiger partial charge in [-0.3, -0.25) is 0 Å². The molecule has 2 atom stereocenters. The van der Waals surface area contributed by atoms with Crippen LogP contribution in [0.4, 0.5) is 0 Å². The second-order valence-electron chi connectivity index (χ2n) is 5.31. The SMILES string of the molecule is CC1CCCCN1S(=O)(=O)NCC1(O)CCOC1. The summed E-state index contributed by atoms with van der Waals surface area (Å²) in [7, 11) is -3.49. The third-order valence-corrected chi connectivity index (χ3v) is 5.39. The maximum absolute atomic E-state index is 12.2. The van der Waals surface area contributed by atoms with Crippen molar-refractivity contribution in [3.8, 4) is 0 Å². The molecule has 0 aromatic carbocycles. The lowest BCUT2D eigenvalue weighted by Gasteiger charge is -2.33. The van der Waals surface area contributed by atoms with Crippen LogP contribution >= 0.6 is 0 Å². The summed E-state index contributed by atoms with van der Waals surface area (Å²) in [5.41, 5.74) is -1.05. The average molecular weight is 278 g/mol. The first-order chi connectivity index (χ1) is 8.43. The topological polar surface area (TPSA) is 78.9 Å². The van der Waals surface area contributed by atoms with E-state index in [1.807, 2.05) is 6.92 Å². The van der Waals surface area contributed by atoms with Gasteiger partial charge in [-0.05, 0) is 19.8 Å². The average Bonchev–Trinajstić information content (AvgIpc) is 2.75. The van der Waals surface area contributed by atoms with Gasteiger partial charge < -0.3 is 9.84 Å². The Hall–Kier alpha value is -0.210. The lowest BCUT2D eigenvalue weighted by Crippen LogP contribution is -2.52. The minimum Gasteiger partial charge on any atom is -0.386 e. The van der Waals surface area contributed by atoms with Gasteiger partial charge in [-0.1, -0.05) is 6.42 Å². The molecule has 6 nitrogen and oxygen atoms in total. The third-order valence-electron chi connectivity index (χ3n) is 3.72. The first-order valence-electron chi connectivity index (χ1n) is 6.50. The Morgan fingerprint density at radius 3 is 2.89 bits per heavy atom. The Balaban J connectivity index is 1.94. The van der Waals surface area contributed by atoms with Crippen molar-refractivity contribution in [1.82, 2.24) is 9.03 Å². The van der Waals surface area contributed by atoms with Gasteiger partial charge in [-0.2, -0.15) is 17.4 Å². The van der Waals surface area contributed by atoms with Crippen molar-refractivity contribution < 1.29 is 18.3 Å². The van der Waals surface area contributed by atoms with Crippen LogP contribution in [0.5, 0.6) is 0 Å². The van der Waals surface area contributed by atoms with Crippen LogP contribution in [0.25, 0.3) is 0 Å². The molecule has 7 heteroatoms. The summed E-state index contributed by atoms with van der Waals surface area (Å²) in [6, 6.07) is 0.0331. The van der Waals surface area contributed by atoms with E-state index in [1.54, 1.807) is 0 Å². The van der Waals surface area contributed by atoms with E-state index in [1.165, 1.54) is 4.31 Å². The van der Waals surface area contributed by atoms with Crippen molar-refractivity contribution in [2.24, 2.45) is 0 Å². The lowest BCUT2D eigenvalue weighted by atomic mass is 10.1. The van der Waals surface area contributed by atoms with E-state index in [4.69, 9.17) is 4.74 Å². The normalized spacial score (nSPS) is 34.9. The number of piperidine rings is 1. The van der Waals surface area contributed by atoms with Crippen molar-refractivity contribution in [3.05, 3.63) is 0 Å². The minimum absolute atomic E-state index is 0.0263. The van der Waals surface area contributed by atoms with Crippen molar-refractivity contribution >= 4 is 10.2 Å². The van der Waals surface area contributed by atoms with E-state index in [-0.39, 0.29) is 19.2 Å². The number of hydrogen-bond acceptors (Lipinski definition) is 4. The van der Waals surface area contributed by atoms with Crippen LogP contribution in [0.2, 0.25) is 0 Å². The van der Waals surface area contributed by atoms with Gasteiger partial charge in [0.25, 0.3) is 10.2 Å². The molecule has 2 saturated heterocycles. The molecule has 0 bridgehead atoms. The van der Waals surface area contributed by atoms with Gasteiger partial charge in [-0.15, -0.1) is 0 Å². The standard InChI is InChI=1S/C11H22N2O4S/c1-10-4-2-3-6-13(10)18(15,16)12-8-11(14)5-7-17-9-11/h10,12,14H,2-9H2,1H3. The van der Waals surface area contributed by atoms with Crippen LogP contribution in [0.15, 0.2) is 0 Å². The van der Waals surface area contributed by atoms with E-state index < -0.39 is 15.8 Å². The Bertz CT molecular complexity index is 379. The molecule has 2 heterocycles. The molecule has 2 aliphatic rings. The summed E-state index contributed by atoms with van der Waals surface area (Å²) in [5.74, 6) is 0. The van der Waals surface area contributed by atoms with Crippen molar-refractivity contribution in [2.75, 3.05) is 26.3 Å². The van der Waals surface area contributed by atoms with Gasteiger partial charge in [0.2, 0.25) is 0 Å². The molecule has 2 rings (SSSR count). The van der Waals surface area contributed by atoms with Gasteiger partial charge in [0.15, 0.2) is 0 Å². The monoisotopic (exact) mass is 278 g/mol. The highest BCUT2D eigenvalue weighted by molar-refractivity contribution is 7.87. The molecule has 2 N–H and O–H groups in total. The molecule has 18 heavy (non-hydrogen) atoms. The summed E-state index contributed by atoms with van der Waals surface area (Å²) >= 11 is 0. The molecule has 2 unspecified atom stereocenters. The van der Waals surface area contributed by atoms with Crippen molar-refractivity contribution in [1.29, 1.82) is 0 Å². The molecule has 0 aromatic rings. The van der Waals surface area contributed by atoms with Gasteiger partial charge >= 0.3 is 0 Å². The second kappa shape index (κ2) is 5.42. The fourth-order valence-electron chi connectivity index (χ4n) is 2.47. The van der Waals surface area contributed by atoms with E-state index in [0.29, 0.717) is 19.6 Å². The Labute approximate surface area is 108 Å². The number of aliphatic hydroxyl groups is 1. The molecule has 0 spiro atoms. The number of ether oxygens (including phenoxy) is 1. The number of rotatable bonds is 4. The predicted octanol–water partition coefficient (Wildman–Crippen LogP) is -0.153. The van der Waals surface area contributed by atoms with Crippen LogP contribution in [-0.4, -0.2) is 55.8 Å². The zero-order valence-corrected chi connectivity index (χ0v) is 11.6. The van der Waals surface area contributed by atoms with E-state index in [9.17, 15) is 13.5 Å². The number of nitrogens with one attached hydrogen (secondary N) is 1. The molecule has 106 valence electrons. The molecule has 0 radical (unpaired) electrons. The maximum Gasteiger partial charge on any atom is 0.279 e. The number of hydrogen-bond donors (Lipinski definition) is 2. The quantitative estimate of drug-likeness (QED) is 0.749. The highest BCUT2D eigenvalue weighted by Crippen LogP contribution is 2.21. The van der Waals surface area contributed by atoms with Crippen LogP contribution in [-0.2, 0) is 14.9 Å². The van der Waals surface area contributed by atoms with Gasteiger partial charge in [-0.25, -0.2) is 0 Å². The fourth-order valence-corrected chi connectivity index (χ4v) is 4.04. The third kappa shape index (κ3) is 3.21. The molecule has 0 amide bonds. The highest BCUT2D eigenvalue weighted by atomic mass is 32.2. The van der Waals surface area contributed by atoms with E-state index in [0.717, 1.165) is 19.3 Å². The first-order valence-corrected chi connectivity index (χ1v) is 7.94. The van der Waals surface area contributed by atoms with Gasteiger partial charge in [0.1, 0.15) is 5.60 Å². The van der Waals surface area contributed by atoms with Crippen LogP contribution < -0.4 is 4.72 Å². The van der Waals surface area contributed by atoms with Gasteiger partial charge in [0, 0.05) is 32.2 Å². The molecule has 0 aromatic heterocycles. The maximum atomic E-state index is 12.2.